The van der Waals surface area contributed by atoms with Crippen LogP contribution in [0.2, 0.25) is 0 Å². The number of nitrogens with one attached hydrogen (secondary N) is 2. The minimum atomic E-state index is -3.20. The van der Waals surface area contributed by atoms with Crippen molar-refractivity contribution in [3.05, 3.63) is 0 Å². The molecule has 1 aliphatic carbocycles. The Balaban J connectivity index is 2.48. The van der Waals surface area contributed by atoms with Crippen molar-refractivity contribution in [3.63, 3.8) is 0 Å². The van der Waals surface area contributed by atoms with E-state index in [2.05, 4.69) is 17.0 Å². The van der Waals surface area contributed by atoms with Gasteiger partial charge < -0.3 is 5.32 Å². The molecule has 1 saturated carbocycles. The summed E-state index contributed by atoms with van der Waals surface area (Å²) in [5.41, 5.74) is 0. The normalized spacial score (nSPS) is 27.2. The van der Waals surface area contributed by atoms with Gasteiger partial charge in [0.25, 0.3) is 0 Å². The van der Waals surface area contributed by atoms with Crippen molar-refractivity contribution in [2.45, 2.75) is 77.1 Å². The van der Waals surface area contributed by atoms with Crippen LogP contribution in [0.1, 0.15) is 59.8 Å². The predicted octanol–water partition coefficient (Wildman–Crippen LogP) is 2.26. The number of rotatable bonds is 6. The fourth-order valence-electron chi connectivity index (χ4n) is 2.46. The molecule has 2 N–H and O–H groups in total. The SMILES string of the molecule is CC1CCCC(NS(=O)(=O)C(C)CNC(C)C)CC1. The molecule has 0 aliphatic heterocycles. The van der Waals surface area contributed by atoms with Gasteiger partial charge in [-0.3, -0.25) is 0 Å². The largest absolute Gasteiger partial charge is 0.313 e. The second-order valence-corrected chi connectivity index (χ2v) is 8.48. The average Bonchev–Trinajstić information content (AvgIpc) is 2.50. The molecule has 3 atom stereocenters. The van der Waals surface area contributed by atoms with E-state index in [9.17, 15) is 8.42 Å². The Kier molecular flexibility index (Phi) is 6.77. The molecule has 1 aliphatic rings. The van der Waals surface area contributed by atoms with Gasteiger partial charge in [-0.2, -0.15) is 0 Å². The summed E-state index contributed by atoms with van der Waals surface area (Å²) in [6.45, 7) is 8.60. The van der Waals surface area contributed by atoms with Gasteiger partial charge in [0.15, 0.2) is 0 Å². The van der Waals surface area contributed by atoms with Gasteiger partial charge in [-0.25, -0.2) is 13.1 Å². The highest BCUT2D eigenvalue weighted by atomic mass is 32.2. The molecule has 0 heterocycles. The van der Waals surface area contributed by atoms with Crippen LogP contribution in [0.4, 0.5) is 0 Å². The lowest BCUT2D eigenvalue weighted by atomic mass is 10.0. The maximum absolute atomic E-state index is 12.3. The van der Waals surface area contributed by atoms with Gasteiger partial charge in [0.2, 0.25) is 10.0 Å². The van der Waals surface area contributed by atoms with E-state index in [0.717, 1.165) is 31.6 Å². The zero-order valence-electron chi connectivity index (χ0n) is 12.8. The summed E-state index contributed by atoms with van der Waals surface area (Å²) < 4.78 is 27.4. The molecule has 0 aromatic heterocycles. The highest BCUT2D eigenvalue weighted by Gasteiger charge is 2.25. The molecular weight excluding hydrogens is 260 g/mol. The molecule has 5 heteroatoms. The third kappa shape index (κ3) is 6.23. The molecule has 19 heavy (non-hydrogen) atoms. The maximum atomic E-state index is 12.3. The lowest BCUT2D eigenvalue weighted by Gasteiger charge is -2.21. The van der Waals surface area contributed by atoms with Crippen LogP contribution in [-0.2, 0) is 10.0 Å². The lowest BCUT2D eigenvalue weighted by molar-refractivity contribution is 0.479. The maximum Gasteiger partial charge on any atom is 0.215 e. The second kappa shape index (κ2) is 7.60. The van der Waals surface area contributed by atoms with Crippen LogP contribution in [0.5, 0.6) is 0 Å². The first kappa shape index (κ1) is 16.9. The molecule has 0 spiro atoms. The highest BCUT2D eigenvalue weighted by molar-refractivity contribution is 7.90. The molecule has 3 unspecified atom stereocenters. The molecule has 4 nitrogen and oxygen atoms in total. The summed E-state index contributed by atoms with van der Waals surface area (Å²) in [5, 5.41) is 2.81. The van der Waals surface area contributed by atoms with E-state index in [-0.39, 0.29) is 11.3 Å². The van der Waals surface area contributed by atoms with Gasteiger partial charge in [-0.1, -0.05) is 33.6 Å². The van der Waals surface area contributed by atoms with E-state index < -0.39 is 10.0 Å². The average molecular weight is 290 g/mol. The van der Waals surface area contributed by atoms with Crippen LogP contribution in [0.15, 0.2) is 0 Å². The van der Waals surface area contributed by atoms with Crippen LogP contribution < -0.4 is 10.0 Å². The van der Waals surface area contributed by atoms with Gasteiger partial charge in [0.1, 0.15) is 0 Å². The first-order valence-corrected chi connectivity index (χ1v) is 9.10. The van der Waals surface area contributed by atoms with Crippen LogP contribution in [0.3, 0.4) is 0 Å². The van der Waals surface area contributed by atoms with E-state index in [1.807, 2.05) is 13.8 Å². The zero-order valence-corrected chi connectivity index (χ0v) is 13.6. The molecule has 0 saturated heterocycles. The van der Waals surface area contributed by atoms with E-state index >= 15 is 0 Å². The highest BCUT2D eigenvalue weighted by Crippen LogP contribution is 2.23. The van der Waals surface area contributed by atoms with E-state index in [4.69, 9.17) is 0 Å². The van der Waals surface area contributed by atoms with Crippen LogP contribution in [-0.4, -0.2) is 32.3 Å². The summed E-state index contributed by atoms with van der Waals surface area (Å²) in [6, 6.07) is 0.452. The third-order valence-electron chi connectivity index (χ3n) is 3.93. The van der Waals surface area contributed by atoms with Gasteiger partial charge in [0, 0.05) is 18.6 Å². The topological polar surface area (TPSA) is 58.2 Å². The minimum absolute atomic E-state index is 0.136. The van der Waals surface area contributed by atoms with E-state index in [1.54, 1.807) is 6.92 Å². The Morgan fingerprint density at radius 1 is 1.11 bits per heavy atom. The van der Waals surface area contributed by atoms with Crippen LogP contribution >= 0.6 is 0 Å². The minimum Gasteiger partial charge on any atom is -0.313 e. The summed E-state index contributed by atoms with van der Waals surface area (Å²) >= 11 is 0. The fraction of sp³-hybridized carbons (Fsp3) is 1.00. The van der Waals surface area contributed by atoms with Gasteiger partial charge in [-0.05, 0) is 32.1 Å². The molecule has 0 radical (unpaired) electrons. The molecular formula is C14H30N2O2S. The van der Waals surface area contributed by atoms with Crippen molar-refractivity contribution in [2.24, 2.45) is 5.92 Å². The first-order chi connectivity index (χ1) is 8.81. The van der Waals surface area contributed by atoms with Crippen LogP contribution in [0.25, 0.3) is 0 Å². The summed E-state index contributed by atoms with van der Waals surface area (Å²) in [7, 11) is -3.20. The van der Waals surface area contributed by atoms with Gasteiger partial charge in [0.05, 0.1) is 5.25 Å². The molecule has 114 valence electrons. The molecule has 0 bridgehead atoms. The molecule has 0 aromatic carbocycles. The third-order valence-corrected chi connectivity index (χ3v) is 5.82. The molecule has 0 amide bonds. The molecule has 0 aromatic rings. The van der Waals surface area contributed by atoms with Crippen molar-refractivity contribution in [3.8, 4) is 0 Å². The Morgan fingerprint density at radius 3 is 2.42 bits per heavy atom. The fourth-order valence-corrected chi connectivity index (χ4v) is 3.71. The predicted molar refractivity (Wildman–Crippen MR) is 80.7 cm³/mol. The van der Waals surface area contributed by atoms with Gasteiger partial charge >= 0.3 is 0 Å². The quantitative estimate of drug-likeness (QED) is 0.738. The monoisotopic (exact) mass is 290 g/mol. The molecule has 1 fully saturated rings. The number of sulfonamides is 1. The standard InChI is InChI=1S/C14H30N2O2S/c1-11(2)15-10-13(4)19(17,18)16-14-7-5-6-12(3)8-9-14/h11-16H,5-10H2,1-4H3. The van der Waals surface area contributed by atoms with Crippen molar-refractivity contribution in [1.29, 1.82) is 0 Å². The van der Waals surface area contributed by atoms with Crippen molar-refractivity contribution < 1.29 is 8.42 Å². The van der Waals surface area contributed by atoms with Gasteiger partial charge in [-0.15, -0.1) is 0 Å². The van der Waals surface area contributed by atoms with E-state index in [1.165, 1.54) is 6.42 Å². The van der Waals surface area contributed by atoms with Crippen molar-refractivity contribution >= 4 is 10.0 Å². The van der Waals surface area contributed by atoms with Crippen molar-refractivity contribution in [1.82, 2.24) is 10.0 Å². The van der Waals surface area contributed by atoms with E-state index in [0.29, 0.717) is 12.6 Å². The Morgan fingerprint density at radius 2 is 1.79 bits per heavy atom. The zero-order chi connectivity index (χ0) is 14.5. The summed E-state index contributed by atoms with van der Waals surface area (Å²) in [5.74, 6) is 0.731. The van der Waals surface area contributed by atoms with Crippen molar-refractivity contribution in [2.75, 3.05) is 6.54 Å². The smallest absolute Gasteiger partial charge is 0.215 e. The summed E-state index contributed by atoms with van der Waals surface area (Å²) in [6.07, 6.45) is 5.44. The van der Waals surface area contributed by atoms with Crippen LogP contribution in [0, 0.1) is 5.92 Å². The molecule has 1 rings (SSSR count). The summed E-state index contributed by atoms with van der Waals surface area (Å²) in [4.78, 5) is 0. The number of hydrogen-bond donors (Lipinski definition) is 2. The number of hydrogen-bond acceptors (Lipinski definition) is 3. The Labute approximate surface area is 118 Å². The second-order valence-electron chi connectivity index (χ2n) is 6.35. The Hall–Kier alpha value is -0.130. The Bertz CT molecular complexity index is 354. The lowest BCUT2D eigenvalue weighted by Crippen LogP contribution is -2.44. The first-order valence-electron chi connectivity index (χ1n) is 7.55.